The lowest BCUT2D eigenvalue weighted by molar-refractivity contribution is -0.152. The average Bonchev–Trinajstić information content (AvgIpc) is 2.76. The Balaban J connectivity index is 2.62. The second kappa shape index (κ2) is 5.93. The molecule has 0 aliphatic carbocycles. The molecule has 1 rings (SSSR count). The molecule has 1 unspecified atom stereocenters. The van der Waals surface area contributed by atoms with Crippen molar-refractivity contribution in [2.24, 2.45) is 0 Å². The molecule has 7 nitrogen and oxygen atoms in total. The Labute approximate surface area is 100 Å². The summed E-state index contributed by atoms with van der Waals surface area (Å²) in [5.74, 6) is -2.56. The molecular weight excluding hydrogens is 249 g/mol. The van der Waals surface area contributed by atoms with Gasteiger partial charge in [-0.15, -0.1) is 0 Å². The Morgan fingerprint density at radius 1 is 1.47 bits per heavy atom. The molecule has 1 aliphatic heterocycles. The van der Waals surface area contributed by atoms with Gasteiger partial charge in [0, 0.05) is 6.54 Å². The van der Waals surface area contributed by atoms with Crippen molar-refractivity contribution in [3.05, 3.63) is 0 Å². The molecule has 1 saturated heterocycles. The molecule has 1 amide bonds. The highest BCUT2D eigenvalue weighted by Crippen LogP contribution is 2.20. The molecule has 2 N–H and O–H groups in total. The van der Waals surface area contributed by atoms with E-state index in [9.17, 15) is 14.4 Å². The summed E-state index contributed by atoms with van der Waals surface area (Å²) < 4.78 is 4.47. The number of hydrogen-bond acceptors (Lipinski definition) is 5. The van der Waals surface area contributed by atoms with E-state index >= 15 is 0 Å². The Bertz CT molecular complexity index is 333. The summed E-state index contributed by atoms with van der Waals surface area (Å²) in [4.78, 5) is 34.7. The second-order valence-electron chi connectivity index (χ2n) is 3.74. The maximum Gasteiger partial charge on any atom is 0.333 e. The van der Waals surface area contributed by atoms with Gasteiger partial charge in [0.1, 0.15) is 6.04 Å². The van der Waals surface area contributed by atoms with Crippen molar-refractivity contribution >= 4 is 27.3 Å². The van der Waals surface area contributed by atoms with Crippen LogP contribution in [0.4, 0.5) is 0 Å². The molecule has 0 aromatic heterocycles. The summed E-state index contributed by atoms with van der Waals surface area (Å²) in [6, 6.07) is -0.680. The molecule has 17 heavy (non-hydrogen) atoms. The van der Waals surface area contributed by atoms with Gasteiger partial charge in [-0.05, 0) is 12.8 Å². The summed E-state index contributed by atoms with van der Waals surface area (Å²) in [6.07, 6.45) is -1.13. The van der Waals surface area contributed by atoms with Crippen LogP contribution in [0.3, 0.4) is 0 Å². The van der Waals surface area contributed by atoms with E-state index < -0.39 is 36.4 Å². The summed E-state index contributed by atoms with van der Waals surface area (Å²) >= 11 is 0. The first-order chi connectivity index (χ1) is 7.97. The van der Waals surface area contributed by atoms with Crippen LogP contribution in [-0.2, 0) is 18.9 Å². The number of nitrogens with zero attached hydrogens (tertiary/aromatic N) is 1. The molecule has 0 spiro atoms. The zero-order chi connectivity index (χ0) is 13.0. The van der Waals surface area contributed by atoms with Crippen molar-refractivity contribution in [1.29, 1.82) is 0 Å². The number of hydrogen-bond donors (Lipinski definition) is 2. The minimum atomic E-state index is -1.74. The third-order valence-corrected chi connectivity index (χ3v) is 2.85. The highest BCUT2D eigenvalue weighted by atomic mass is 31.0. The number of aliphatic hydroxyl groups excluding tert-OH is 1. The van der Waals surface area contributed by atoms with E-state index in [4.69, 9.17) is 10.2 Å². The third-order valence-electron chi connectivity index (χ3n) is 2.61. The van der Waals surface area contributed by atoms with Crippen LogP contribution < -0.4 is 0 Å². The standard InChI is InChI=1S/C9H14NO6P/c11-6(8(13)14)4-7(12)10-3-1-2-5(10)9(15)16-17/h5-6,11H,1-4,17H2,(H,13,14)/t5-,6-/m0/s1. The van der Waals surface area contributed by atoms with Gasteiger partial charge < -0.3 is 19.6 Å². The number of carboxylic acid groups (broad SMARTS) is 1. The first-order valence-corrected chi connectivity index (χ1v) is 5.55. The number of rotatable bonds is 4. The predicted octanol–water partition coefficient (Wildman–Crippen LogP) is -0.854. The molecule has 0 saturated carbocycles. The molecule has 0 bridgehead atoms. The van der Waals surface area contributed by atoms with Crippen LogP contribution in [0.2, 0.25) is 0 Å². The van der Waals surface area contributed by atoms with Crippen LogP contribution in [0.1, 0.15) is 19.3 Å². The van der Waals surface area contributed by atoms with E-state index in [1.54, 1.807) is 0 Å². The quantitative estimate of drug-likeness (QED) is 0.640. The molecule has 0 aromatic carbocycles. The Hall–Kier alpha value is -1.20. The smallest absolute Gasteiger partial charge is 0.333 e. The van der Waals surface area contributed by atoms with Crippen molar-refractivity contribution in [2.75, 3.05) is 6.54 Å². The van der Waals surface area contributed by atoms with Crippen molar-refractivity contribution in [1.82, 2.24) is 4.90 Å². The monoisotopic (exact) mass is 263 g/mol. The lowest BCUT2D eigenvalue weighted by atomic mass is 10.2. The fourth-order valence-electron chi connectivity index (χ4n) is 1.76. The number of aliphatic hydroxyl groups is 1. The Morgan fingerprint density at radius 3 is 2.65 bits per heavy atom. The van der Waals surface area contributed by atoms with Gasteiger partial charge in [-0.3, -0.25) is 4.79 Å². The third kappa shape index (κ3) is 3.38. The zero-order valence-electron chi connectivity index (χ0n) is 9.04. The van der Waals surface area contributed by atoms with E-state index in [-0.39, 0.29) is 0 Å². The number of carbonyl (C=O) groups excluding carboxylic acids is 2. The minimum Gasteiger partial charge on any atom is -0.479 e. The SMILES string of the molecule is O=C(O)[C@@H](O)CC(=O)N1CCC[C@H]1C(=O)OP. The van der Waals surface area contributed by atoms with Gasteiger partial charge in [0.2, 0.25) is 5.91 Å². The molecule has 96 valence electrons. The number of aliphatic carboxylic acids is 1. The van der Waals surface area contributed by atoms with E-state index in [0.29, 0.717) is 19.4 Å². The first-order valence-electron chi connectivity index (χ1n) is 5.08. The van der Waals surface area contributed by atoms with E-state index in [1.807, 2.05) is 9.47 Å². The van der Waals surface area contributed by atoms with Crippen LogP contribution in [0.5, 0.6) is 0 Å². The fourth-order valence-corrected chi connectivity index (χ4v) is 1.92. The van der Waals surface area contributed by atoms with Crippen LogP contribution in [-0.4, -0.2) is 51.6 Å². The molecule has 0 radical (unpaired) electrons. The van der Waals surface area contributed by atoms with Gasteiger partial charge in [-0.2, -0.15) is 0 Å². The fraction of sp³-hybridized carbons (Fsp3) is 0.667. The molecule has 0 aromatic rings. The molecule has 1 fully saturated rings. The maximum atomic E-state index is 11.7. The summed E-state index contributed by atoms with van der Waals surface area (Å²) in [5.41, 5.74) is 0. The molecule has 8 heteroatoms. The zero-order valence-corrected chi connectivity index (χ0v) is 10.2. The van der Waals surface area contributed by atoms with Gasteiger partial charge in [0.15, 0.2) is 6.10 Å². The average molecular weight is 263 g/mol. The highest BCUT2D eigenvalue weighted by Gasteiger charge is 2.36. The van der Waals surface area contributed by atoms with E-state index in [1.165, 1.54) is 4.90 Å². The van der Waals surface area contributed by atoms with E-state index in [0.717, 1.165) is 0 Å². The first kappa shape index (κ1) is 13.9. The summed E-state index contributed by atoms with van der Waals surface area (Å²) in [5, 5.41) is 17.6. The largest absolute Gasteiger partial charge is 0.479 e. The normalized spacial score (nSPS) is 21.1. The van der Waals surface area contributed by atoms with Crippen LogP contribution in [0.15, 0.2) is 0 Å². The molecule has 1 aliphatic rings. The topological polar surface area (TPSA) is 104 Å². The van der Waals surface area contributed by atoms with Crippen molar-refractivity contribution in [2.45, 2.75) is 31.4 Å². The van der Waals surface area contributed by atoms with Crippen LogP contribution in [0, 0.1) is 0 Å². The van der Waals surface area contributed by atoms with E-state index in [2.05, 4.69) is 4.52 Å². The molecule has 1 heterocycles. The van der Waals surface area contributed by atoms with Crippen molar-refractivity contribution < 1.29 is 29.1 Å². The minimum absolute atomic E-state index is 0.371. The van der Waals surface area contributed by atoms with Gasteiger partial charge in [-0.25, -0.2) is 9.59 Å². The Morgan fingerprint density at radius 2 is 2.12 bits per heavy atom. The molecule has 3 atom stereocenters. The van der Waals surface area contributed by atoms with Gasteiger partial charge >= 0.3 is 11.9 Å². The van der Waals surface area contributed by atoms with Crippen molar-refractivity contribution in [3.8, 4) is 0 Å². The van der Waals surface area contributed by atoms with Gasteiger partial charge in [0.05, 0.1) is 15.9 Å². The van der Waals surface area contributed by atoms with Gasteiger partial charge in [-0.1, -0.05) is 0 Å². The molecular formula is C9H14NO6P. The second-order valence-corrected chi connectivity index (χ2v) is 3.98. The van der Waals surface area contributed by atoms with Crippen LogP contribution >= 0.6 is 9.47 Å². The summed E-state index contributed by atoms with van der Waals surface area (Å²) in [7, 11) is 1.82. The Kier molecular flexibility index (Phi) is 4.84. The maximum absolute atomic E-state index is 11.7. The van der Waals surface area contributed by atoms with Crippen molar-refractivity contribution in [3.63, 3.8) is 0 Å². The number of carboxylic acids is 1. The number of amides is 1. The number of likely N-dealkylation sites (tertiary alicyclic amines) is 1. The van der Waals surface area contributed by atoms with Crippen LogP contribution in [0.25, 0.3) is 0 Å². The number of carbonyl (C=O) groups is 3. The van der Waals surface area contributed by atoms with Gasteiger partial charge in [0.25, 0.3) is 0 Å². The lowest BCUT2D eigenvalue weighted by Gasteiger charge is -2.23. The lowest BCUT2D eigenvalue weighted by Crippen LogP contribution is -2.42. The predicted molar refractivity (Wildman–Crippen MR) is 58.8 cm³/mol. The highest BCUT2D eigenvalue weighted by molar-refractivity contribution is 7.10. The summed E-state index contributed by atoms with van der Waals surface area (Å²) in [6.45, 7) is 0.371.